The Kier molecular flexibility index (Phi) is 5.72. The second-order valence-corrected chi connectivity index (χ2v) is 8.54. The van der Waals surface area contributed by atoms with E-state index < -0.39 is 0 Å². The second kappa shape index (κ2) is 8.41. The fourth-order valence-electron chi connectivity index (χ4n) is 3.88. The molecule has 0 bridgehead atoms. The van der Waals surface area contributed by atoms with Gasteiger partial charge in [-0.1, -0.05) is 24.3 Å². The zero-order valence-corrected chi connectivity index (χ0v) is 17.0. The largest absolute Gasteiger partial charge is 0.335 e. The van der Waals surface area contributed by atoms with Crippen LogP contribution in [-0.2, 0) is 12.8 Å². The Morgan fingerprint density at radius 2 is 1.93 bits per heavy atom. The quantitative estimate of drug-likeness (QED) is 0.579. The lowest BCUT2D eigenvalue weighted by molar-refractivity contribution is 0.0740. The lowest BCUT2D eigenvalue weighted by atomic mass is 10.0. The van der Waals surface area contributed by atoms with Crippen molar-refractivity contribution in [3.63, 3.8) is 0 Å². The predicted octanol–water partition coefficient (Wildman–Crippen LogP) is 5.17. The monoisotopic (exact) mass is 412 g/mol. The van der Waals surface area contributed by atoms with Gasteiger partial charge in [0.15, 0.2) is 0 Å². The van der Waals surface area contributed by atoms with Crippen LogP contribution in [0.3, 0.4) is 0 Å². The molecular weight excluding hydrogens is 390 g/mol. The second-order valence-electron chi connectivity index (χ2n) is 7.45. The number of amides is 1. The van der Waals surface area contributed by atoms with Crippen LogP contribution >= 0.6 is 11.3 Å². The molecule has 150 valence electrons. The van der Waals surface area contributed by atoms with Crippen LogP contribution in [0.4, 0.5) is 8.78 Å². The summed E-state index contributed by atoms with van der Waals surface area (Å²) in [6, 6.07) is 13.0. The molecule has 2 aromatic carbocycles. The van der Waals surface area contributed by atoms with Crippen LogP contribution in [0.15, 0.2) is 48.5 Å². The number of nitrogens with zero attached hydrogens (tertiary/aromatic N) is 2. The van der Waals surface area contributed by atoms with E-state index in [0.717, 1.165) is 34.7 Å². The molecule has 0 aliphatic carbocycles. The van der Waals surface area contributed by atoms with Crippen molar-refractivity contribution in [2.45, 2.75) is 38.6 Å². The number of hydrogen-bond donors (Lipinski definition) is 0. The molecule has 1 fully saturated rings. The van der Waals surface area contributed by atoms with Crippen molar-refractivity contribution in [2.24, 2.45) is 0 Å². The van der Waals surface area contributed by atoms with E-state index in [0.29, 0.717) is 24.3 Å². The van der Waals surface area contributed by atoms with E-state index in [-0.39, 0.29) is 23.6 Å². The van der Waals surface area contributed by atoms with E-state index >= 15 is 0 Å². The maximum absolute atomic E-state index is 13.5. The average molecular weight is 413 g/mol. The number of halogens is 2. The zero-order chi connectivity index (χ0) is 20.4. The summed E-state index contributed by atoms with van der Waals surface area (Å²) in [5, 5.41) is 0.846. The molecule has 3 nitrogen and oxygen atoms in total. The molecule has 1 aliphatic rings. The SMILES string of the molecule is Cc1nc(Cc2ccc(F)cc2)sc1C(=O)N1CCCC1Cc1cccc(F)c1. The van der Waals surface area contributed by atoms with E-state index in [2.05, 4.69) is 4.98 Å². The number of carbonyl (C=O) groups excluding carboxylic acids is 1. The highest BCUT2D eigenvalue weighted by Gasteiger charge is 2.31. The molecule has 0 radical (unpaired) electrons. The van der Waals surface area contributed by atoms with Gasteiger partial charge in [-0.25, -0.2) is 13.8 Å². The minimum atomic E-state index is -0.265. The van der Waals surface area contributed by atoms with Crippen LogP contribution in [-0.4, -0.2) is 28.4 Å². The van der Waals surface area contributed by atoms with Gasteiger partial charge in [0.2, 0.25) is 0 Å². The molecular formula is C23H22F2N2OS. The van der Waals surface area contributed by atoms with Crippen LogP contribution in [0, 0.1) is 18.6 Å². The smallest absolute Gasteiger partial charge is 0.266 e. The van der Waals surface area contributed by atoms with Gasteiger partial charge >= 0.3 is 0 Å². The number of likely N-dealkylation sites (tertiary alicyclic amines) is 1. The fraction of sp³-hybridized carbons (Fsp3) is 0.304. The molecule has 2 heterocycles. The number of aromatic nitrogens is 1. The maximum Gasteiger partial charge on any atom is 0.266 e. The summed E-state index contributed by atoms with van der Waals surface area (Å²) in [6.45, 7) is 2.57. The lowest BCUT2D eigenvalue weighted by Gasteiger charge is -2.24. The molecule has 0 N–H and O–H groups in total. The molecule has 1 aromatic heterocycles. The van der Waals surface area contributed by atoms with Crippen molar-refractivity contribution < 1.29 is 13.6 Å². The number of hydrogen-bond acceptors (Lipinski definition) is 3. The van der Waals surface area contributed by atoms with E-state index in [1.54, 1.807) is 24.3 Å². The van der Waals surface area contributed by atoms with Gasteiger partial charge in [0, 0.05) is 19.0 Å². The van der Waals surface area contributed by atoms with Gasteiger partial charge < -0.3 is 4.90 Å². The third kappa shape index (κ3) is 4.53. The van der Waals surface area contributed by atoms with Crippen LogP contribution in [0.1, 0.15) is 44.3 Å². The molecule has 4 rings (SSSR count). The summed E-state index contributed by atoms with van der Waals surface area (Å²) < 4.78 is 26.6. The minimum Gasteiger partial charge on any atom is -0.335 e. The van der Waals surface area contributed by atoms with Crippen molar-refractivity contribution in [3.8, 4) is 0 Å². The first-order valence-electron chi connectivity index (χ1n) is 9.76. The molecule has 29 heavy (non-hydrogen) atoms. The molecule has 1 aliphatic heterocycles. The third-order valence-electron chi connectivity index (χ3n) is 5.30. The van der Waals surface area contributed by atoms with E-state index in [1.807, 2.05) is 17.9 Å². The summed E-state index contributed by atoms with van der Waals surface area (Å²) in [7, 11) is 0. The summed E-state index contributed by atoms with van der Waals surface area (Å²) in [4.78, 5) is 20.4. The Morgan fingerprint density at radius 3 is 2.69 bits per heavy atom. The first-order chi connectivity index (χ1) is 14.0. The van der Waals surface area contributed by atoms with Gasteiger partial charge in [0.25, 0.3) is 5.91 Å². The van der Waals surface area contributed by atoms with Crippen LogP contribution in [0.2, 0.25) is 0 Å². The highest BCUT2D eigenvalue weighted by molar-refractivity contribution is 7.13. The summed E-state index contributed by atoms with van der Waals surface area (Å²) in [5.41, 5.74) is 2.60. The van der Waals surface area contributed by atoms with Crippen molar-refractivity contribution in [1.29, 1.82) is 0 Å². The zero-order valence-electron chi connectivity index (χ0n) is 16.2. The first kappa shape index (κ1) is 19.7. The normalized spacial score (nSPS) is 16.4. The highest BCUT2D eigenvalue weighted by atomic mass is 32.1. The van der Waals surface area contributed by atoms with Crippen LogP contribution < -0.4 is 0 Å². The number of benzene rings is 2. The number of rotatable bonds is 5. The molecule has 1 atom stereocenters. The minimum absolute atomic E-state index is 0.00394. The van der Waals surface area contributed by atoms with E-state index in [9.17, 15) is 13.6 Å². The highest BCUT2D eigenvalue weighted by Crippen LogP contribution is 2.28. The Bertz CT molecular complexity index is 1020. The van der Waals surface area contributed by atoms with Gasteiger partial charge in [0.05, 0.1) is 10.7 Å². The number of aryl methyl sites for hydroxylation is 1. The van der Waals surface area contributed by atoms with Crippen LogP contribution in [0.5, 0.6) is 0 Å². The van der Waals surface area contributed by atoms with Gasteiger partial charge in [-0.3, -0.25) is 4.79 Å². The van der Waals surface area contributed by atoms with Gasteiger partial charge in [-0.2, -0.15) is 0 Å². The van der Waals surface area contributed by atoms with Crippen molar-refractivity contribution in [1.82, 2.24) is 9.88 Å². The summed E-state index contributed by atoms with van der Waals surface area (Å²) in [5.74, 6) is -0.510. The van der Waals surface area contributed by atoms with Crippen LogP contribution in [0.25, 0.3) is 0 Å². The molecule has 0 spiro atoms. The molecule has 3 aromatic rings. The van der Waals surface area contributed by atoms with E-state index in [1.165, 1.54) is 29.5 Å². The Balaban J connectivity index is 1.49. The lowest BCUT2D eigenvalue weighted by Crippen LogP contribution is -2.36. The number of carbonyl (C=O) groups is 1. The Morgan fingerprint density at radius 1 is 1.14 bits per heavy atom. The molecule has 0 saturated carbocycles. The standard InChI is InChI=1S/C23H22F2N2OS/c1-15-22(29-21(26-15)14-16-7-9-18(24)10-8-16)23(28)27-11-3-6-20(27)13-17-4-2-5-19(25)12-17/h2,4-5,7-10,12,20H,3,6,11,13-14H2,1H3. The van der Waals surface area contributed by atoms with Crippen molar-refractivity contribution in [3.05, 3.63) is 86.9 Å². The van der Waals surface area contributed by atoms with Gasteiger partial charge in [0.1, 0.15) is 16.5 Å². The summed E-state index contributed by atoms with van der Waals surface area (Å²) >= 11 is 1.41. The molecule has 1 saturated heterocycles. The Labute approximate surface area is 173 Å². The predicted molar refractivity (Wildman–Crippen MR) is 110 cm³/mol. The van der Waals surface area contributed by atoms with Gasteiger partial charge in [-0.15, -0.1) is 11.3 Å². The van der Waals surface area contributed by atoms with Crippen molar-refractivity contribution >= 4 is 17.2 Å². The van der Waals surface area contributed by atoms with Crippen molar-refractivity contribution in [2.75, 3.05) is 6.54 Å². The number of thiazole rings is 1. The Hall–Kier alpha value is -2.60. The van der Waals surface area contributed by atoms with E-state index in [4.69, 9.17) is 0 Å². The maximum atomic E-state index is 13.5. The first-order valence-corrected chi connectivity index (χ1v) is 10.6. The topological polar surface area (TPSA) is 33.2 Å². The fourth-order valence-corrected chi connectivity index (χ4v) is 4.94. The average Bonchev–Trinajstić information content (AvgIpc) is 3.29. The molecule has 1 amide bonds. The third-order valence-corrected chi connectivity index (χ3v) is 6.45. The molecule has 1 unspecified atom stereocenters. The van der Waals surface area contributed by atoms with Gasteiger partial charge in [-0.05, 0) is 61.6 Å². The summed E-state index contributed by atoms with van der Waals surface area (Å²) in [6.07, 6.45) is 3.10. The molecule has 6 heteroatoms.